The molecule has 0 aliphatic heterocycles. The summed E-state index contributed by atoms with van der Waals surface area (Å²) in [6.45, 7) is 0.132. The van der Waals surface area contributed by atoms with Crippen molar-refractivity contribution in [2.45, 2.75) is 12.3 Å². The second-order valence-electron chi connectivity index (χ2n) is 7.27. The Hall–Kier alpha value is -3.28. The number of pyridine rings is 1. The Kier molecular flexibility index (Phi) is 6.45. The average Bonchev–Trinajstić information content (AvgIpc) is 3.40. The maximum Gasteiger partial charge on any atom is 0.261 e. The second-order valence-corrected chi connectivity index (χ2v) is 11.1. The largest absolute Gasteiger partial charge is 0.346 e. The van der Waals surface area contributed by atoms with Gasteiger partial charge in [-0.15, -0.1) is 16.4 Å². The molecule has 0 fully saturated rings. The van der Waals surface area contributed by atoms with E-state index in [4.69, 9.17) is 11.6 Å². The molecule has 3 aromatic heterocycles. The third-order valence-corrected chi connectivity index (χ3v) is 6.71. The number of carbonyl (C=O) groups excluding carboxylic acids is 1. The molecular formula is C21H18ClN5O4S2. The molecule has 0 aliphatic rings. The van der Waals surface area contributed by atoms with E-state index in [0.29, 0.717) is 37.3 Å². The highest BCUT2D eigenvalue weighted by Gasteiger charge is 2.16. The van der Waals surface area contributed by atoms with Crippen molar-refractivity contribution in [3.63, 3.8) is 0 Å². The van der Waals surface area contributed by atoms with E-state index in [2.05, 4.69) is 20.6 Å². The van der Waals surface area contributed by atoms with Crippen LogP contribution in [0.25, 0.3) is 16.8 Å². The number of aromatic nitrogens is 4. The fourth-order valence-corrected chi connectivity index (χ4v) is 4.97. The van der Waals surface area contributed by atoms with Crippen molar-refractivity contribution in [1.82, 2.24) is 25.3 Å². The highest BCUT2D eigenvalue weighted by Crippen LogP contribution is 2.24. The summed E-state index contributed by atoms with van der Waals surface area (Å²) in [5.41, 5.74) is 2.19. The molecule has 0 saturated carbocycles. The molecule has 9 nitrogen and oxygen atoms in total. The Labute approximate surface area is 198 Å². The second kappa shape index (κ2) is 9.30. The first-order valence-electron chi connectivity index (χ1n) is 9.63. The fraction of sp³-hybridized carbons (Fsp3) is 0.143. The predicted octanol–water partition coefficient (Wildman–Crippen LogP) is 2.81. The number of carbonyl (C=O) groups is 1. The number of nitrogens with zero attached hydrogens (tertiary/aromatic N) is 3. The van der Waals surface area contributed by atoms with Crippen LogP contribution < -0.4 is 10.9 Å². The lowest BCUT2D eigenvalue weighted by Crippen LogP contribution is -2.21. The number of nitrogens with one attached hydrogen (secondary N) is 2. The Bertz CT molecular complexity index is 1490. The van der Waals surface area contributed by atoms with Gasteiger partial charge < -0.3 is 10.3 Å². The van der Waals surface area contributed by atoms with Gasteiger partial charge in [-0.3, -0.25) is 9.59 Å². The van der Waals surface area contributed by atoms with Crippen molar-refractivity contribution >= 4 is 38.7 Å². The minimum Gasteiger partial charge on any atom is -0.346 e. The van der Waals surface area contributed by atoms with Gasteiger partial charge in [0.25, 0.3) is 11.5 Å². The number of amides is 1. The summed E-state index contributed by atoms with van der Waals surface area (Å²) in [7, 11) is -3.37. The summed E-state index contributed by atoms with van der Waals surface area (Å²) in [5, 5.41) is 10.9. The number of H-pyrrole nitrogens is 1. The molecule has 1 aromatic carbocycles. The van der Waals surface area contributed by atoms with Crippen LogP contribution in [0.5, 0.6) is 0 Å². The summed E-state index contributed by atoms with van der Waals surface area (Å²) in [5.74, 6) is -0.525. The fourth-order valence-electron chi connectivity index (χ4n) is 3.21. The molecule has 4 rings (SSSR count). The number of halogens is 1. The number of hydrogen-bond acceptors (Lipinski definition) is 7. The van der Waals surface area contributed by atoms with E-state index in [1.54, 1.807) is 48.7 Å². The number of rotatable bonds is 7. The lowest BCUT2D eigenvalue weighted by molar-refractivity contribution is 0.0954. The van der Waals surface area contributed by atoms with Gasteiger partial charge in [0.05, 0.1) is 33.4 Å². The van der Waals surface area contributed by atoms with E-state index in [1.807, 2.05) is 0 Å². The quantitative estimate of drug-likeness (QED) is 0.399. The Morgan fingerprint density at radius 1 is 1.24 bits per heavy atom. The first kappa shape index (κ1) is 22.9. The van der Waals surface area contributed by atoms with Crippen molar-refractivity contribution in [3.8, 4) is 16.8 Å². The molecule has 0 atom stereocenters. The van der Waals surface area contributed by atoms with Crippen LogP contribution in [0, 0.1) is 0 Å². The Morgan fingerprint density at radius 3 is 2.76 bits per heavy atom. The van der Waals surface area contributed by atoms with Crippen molar-refractivity contribution in [2.24, 2.45) is 0 Å². The lowest BCUT2D eigenvalue weighted by atomic mass is 10.0. The number of aromatic amines is 1. The summed E-state index contributed by atoms with van der Waals surface area (Å²) >= 11 is 7.03. The molecule has 33 heavy (non-hydrogen) atoms. The van der Waals surface area contributed by atoms with Gasteiger partial charge >= 0.3 is 0 Å². The van der Waals surface area contributed by atoms with Gasteiger partial charge in [0, 0.05) is 18.0 Å². The first-order valence-corrected chi connectivity index (χ1v) is 12.9. The molecule has 0 radical (unpaired) electrons. The lowest BCUT2D eigenvalue weighted by Gasteiger charge is -2.11. The summed E-state index contributed by atoms with van der Waals surface area (Å²) in [4.78, 5) is 27.5. The van der Waals surface area contributed by atoms with Crippen LogP contribution in [-0.4, -0.2) is 40.6 Å². The highest BCUT2D eigenvalue weighted by atomic mass is 35.5. The van der Waals surface area contributed by atoms with Crippen LogP contribution in [0.2, 0.25) is 4.34 Å². The maximum atomic E-state index is 12.2. The van der Waals surface area contributed by atoms with E-state index in [1.165, 1.54) is 22.2 Å². The Balaban J connectivity index is 1.61. The minimum atomic E-state index is -3.37. The van der Waals surface area contributed by atoms with Crippen LogP contribution in [0.15, 0.2) is 59.7 Å². The highest BCUT2D eigenvalue weighted by molar-refractivity contribution is 7.89. The SMILES string of the molecule is CS(=O)(=O)Cc1cc(-c2ccc[nH]c2=O)ccc1-n1cc(CNC(=O)c2ccc(Cl)s2)nn1. The van der Waals surface area contributed by atoms with Crippen molar-refractivity contribution in [3.05, 3.63) is 85.7 Å². The summed E-state index contributed by atoms with van der Waals surface area (Å²) in [6, 6.07) is 11.7. The third kappa shape index (κ3) is 5.56. The standard InChI is InChI=1S/C21H18ClN5O4S2/c1-33(30,31)12-14-9-13(16-3-2-8-23-20(16)28)4-5-17(14)27-11-15(25-26-27)10-24-21(29)18-6-7-19(22)32-18/h2-9,11H,10,12H2,1H3,(H,23,28)(H,24,29). The number of hydrogen-bond donors (Lipinski definition) is 2. The predicted molar refractivity (Wildman–Crippen MR) is 126 cm³/mol. The molecule has 170 valence electrons. The molecule has 0 aliphatic carbocycles. The van der Waals surface area contributed by atoms with Crippen molar-refractivity contribution in [1.29, 1.82) is 0 Å². The monoisotopic (exact) mass is 503 g/mol. The van der Waals surface area contributed by atoms with Crippen LogP contribution in [0.4, 0.5) is 0 Å². The number of benzene rings is 1. The van der Waals surface area contributed by atoms with Gasteiger partial charge in [0.15, 0.2) is 9.84 Å². The molecule has 1 amide bonds. The molecule has 0 bridgehead atoms. The van der Waals surface area contributed by atoms with Crippen molar-refractivity contribution in [2.75, 3.05) is 6.26 Å². The number of thiophene rings is 1. The van der Waals surface area contributed by atoms with Crippen LogP contribution in [-0.2, 0) is 22.1 Å². The summed E-state index contributed by atoms with van der Waals surface area (Å²) < 4.78 is 26.1. The molecular weight excluding hydrogens is 486 g/mol. The first-order chi connectivity index (χ1) is 15.7. The molecule has 3 heterocycles. The average molecular weight is 504 g/mol. The maximum absolute atomic E-state index is 12.2. The van der Waals surface area contributed by atoms with Gasteiger partial charge in [-0.2, -0.15) is 0 Å². The zero-order valence-corrected chi connectivity index (χ0v) is 19.7. The topological polar surface area (TPSA) is 127 Å². The van der Waals surface area contributed by atoms with Gasteiger partial charge in [-0.05, 0) is 47.5 Å². The van der Waals surface area contributed by atoms with Gasteiger partial charge in [-0.25, -0.2) is 13.1 Å². The molecule has 0 saturated heterocycles. The Morgan fingerprint density at radius 2 is 2.06 bits per heavy atom. The normalized spacial score (nSPS) is 11.5. The van der Waals surface area contributed by atoms with E-state index >= 15 is 0 Å². The van der Waals surface area contributed by atoms with Crippen LogP contribution >= 0.6 is 22.9 Å². The van der Waals surface area contributed by atoms with Gasteiger partial charge in [-0.1, -0.05) is 22.9 Å². The van der Waals surface area contributed by atoms with Gasteiger partial charge in [0.2, 0.25) is 0 Å². The third-order valence-electron chi connectivity index (χ3n) is 4.64. The zero-order chi connectivity index (χ0) is 23.6. The molecule has 12 heteroatoms. The van der Waals surface area contributed by atoms with Gasteiger partial charge in [0.1, 0.15) is 5.69 Å². The van der Waals surface area contributed by atoms with E-state index in [0.717, 1.165) is 6.26 Å². The summed E-state index contributed by atoms with van der Waals surface area (Å²) in [6.07, 6.45) is 4.27. The van der Waals surface area contributed by atoms with E-state index < -0.39 is 9.84 Å². The minimum absolute atomic E-state index is 0.132. The van der Waals surface area contributed by atoms with Crippen LogP contribution in [0.3, 0.4) is 0 Å². The smallest absolute Gasteiger partial charge is 0.261 e. The number of sulfone groups is 1. The zero-order valence-electron chi connectivity index (χ0n) is 17.3. The molecule has 2 N–H and O–H groups in total. The van der Waals surface area contributed by atoms with Crippen molar-refractivity contribution < 1.29 is 13.2 Å². The van der Waals surface area contributed by atoms with Crippen LogP contribution in [0.1, 0.15) is 20.9 Å². The van der Waals surface area contributed by atoms with E-state index in [-0.39, 0.29) is 23.8 Å². The molecule has 0 unspecified atom stereocenters. The van der Waals surface area contributed by atoms with E-state index in [9.17, 15) is 18.0 Å². The molecule has 4 aromatic rings. The molecule has 0 spiro atoms.